The number of rotatable bonds is 7. The summed E-state index contributed by atoms with van der Waals surface area (Å²) in [4.78, 5) is 11.9. The Morgan fingerprint density at radius 3 is 2.75 bits per heavy atom. The van der Waals surface area contributed by atoms with Crippen LogP contribution in [-0.2, 0) is 9.53 Å². The monoisotopic (exact) mass is 400 g/mol. The molecule has 28 heavy (non-hydrogen) atoms. The lowest BCUT2D eigenvalue weighted by Crippen LogP contribution is -2.10. The summed E-state index contributed by atoms with van der Waals surface area (Å²) in [6.07, 6.45) is 3.13. The molecule has 146 valence electrons. The Bertz CT molecular complexity index is 1000. The summed E-state index contributed by atoms with van der Waals surface area (Å²) in [5.41, 5.74) is 2.86. The summed E-state index contributed by atoms with van der Waals surface area (Å²) in [6, 6.07) is 10.9. The molecule has 0 aliphatic carbocycles. The summed E-state index contributed by atoms with van der Waals surface area (Å²) < 4.78 is 17.8. The number of aryl methyl sites for hydroxylation is 2. The van der Waals surface area contributed by atoms with Crippen molar-refractivity contribution in [2.45, 2.75) is 20.8 Å². The largest absolute Gasteiger partial charge is 0.490 e. The molecule has 0 saturated carbocycles. The Kier molecular flexibility index (Phi) is 6.21. The van der Waals surface area contributed by atoms with Gasteiger partial charge in [0.2, 0.25) is 0 Å². The zero-order valence-corrected chi connectivity index (χ0v) is 16.7. The van der Waals surface area contributed by atoms with Crippen molar-refractivity contribution >= 4 is 23.6 Å². The highest BCUT2D eigenvalue weighted by molar-refractivity contribution is 6.30. The van der Waals surface area contributed by atoms with Crippen LogP contribution in [0.4, 0.5) is 0 Å². The summed E-state index contributed by atoms with van der Waals surface area (Å²) >= 11 is 5.89. The van der Waals surface area contributed by atoms with E-state index >= 15 is 0 Å². The van der Waals surface area contributed by atoms with E-state index in [4.69, 9.17) is 25.6 Å². The van der Waals surface area contributed by atoms with E-state index < -0.39 is 5.97 Å². The Hall–Kier alpha value is -2.99. The van der Waals surface area contributed by atoms with E-state index in [-0.39, 0.29) is 13.2 Å². The molecule has 0 radical (unpaired) electrons. The molecule has 3 aromatic rings. The van der Waals surface area contributed by atoms with Crippen LogP contribution in [0, 0.1) is 20.8 Å². The van der Waals surface area contributed by atoms with Crippen LogP contribution in [0.15, 0.2) is 47.0 Å². The summed E-state index contributed by atoms with van der Waals surface area (Å²) in [6.45, 7) is 6.17. The smallest absolute Gasteiger partial charge is 0.330 e. The number of ether oxygens (including phenoxy) is 2. The first-order valence-electron chi connectivity index (χ1n) is 8.80. The van der Waals surface area contributed by atoms with E-state index in [2.05, 4.69) is 5.16 Å². The van der Waals surface area contributed by atoms with Gasteiger partial charge in [0.1, 0.15) is 24.7 Å². The van der Waals surface area contributed by atoms with Gasteiger partial charge in [-0.1, -0.05) is 22.8 Å². The van der Waals surface area contributed by atoms with Crippen molar-refractivity contribution < 1.29 is 18.8 Å². The molecule has 0 fully saturated rings. The molecular weight excluding hydrogens is 380 g/mol. The number of aromatic nitrogens is 2. The minimum Gasteiger partial charge on any atom is -0.490 e. The molecule has 0 unspecified atom stereocenters. The zero-order chi connectivity index (χ0) is 20.1. The lowest BCUT2D eigenvalue weighted by Gasteiger charge is -2.06. The maximum absolute atomic E-state index is 11.9. The van der Waals surface area contributed by atoms with Gasteiger partial charge >= 0.3 is 5.97 Å². The molecule has 6 nitrogen and oxygen atoms in total. The Morgan fingerprint density at radius 1 is 1.21 bits per heavy atom. The van der Waals surface area contributed by atoms with Crippen LogP contribution in [0.2, 0.25) is 5.02 Å². The van der Waals surface area contributed by atoms with Gasteiger partial charge in [0.15, 0.2) is 5.82 Å². The number of benzene rings is 1. The number of carbonyl (C=O) groups is 1. The quantitative estimate of drug-likeness (QED) is 0.327. The van der Waals surface area contributed by atoms with E-state index in [1.54, 1.807) is 30.3 Å². The van der Waals surface area contributed by atoms with Crippen molar-refractivity contribution in [1.29, 1.82) is 0 Å². The van der Waals surface area contributed by atoms with Crippen molar-refractivity contribution in [2.24, 2.45) is 0 Å². The highest BCUT2D eigenvalue weighted by atomic mass is 35.5. The van der Waals surface area contributed by atoms with E-state index in [0.29, 0.717) is 16.6 Å². The van der Waals surface area contributed by atoms with Crippen molar-refractivity contribution in [3.8, 4) is 11.6 Å². The summed E-state index contributed by atoms with van der Waals surface area (Å²) in [5.74, 6) is 1.66. The van der Waals surface area contributed by atoms with Crippen molar-refractivity contribution in [2.75, 3.05) is 13.2 Å². The van der Waals surface area contributed by atoms with Gasteiger partial charge in [0.25, 0.3) is 0 Å². The fraction of sp³-hybridized carbons (Fsp3) is 0.238. The highest BCUT2D eigenvalue weighted by Crippen LogP contribution is 2.21. The molecule has 3 rings (SSSR count). The third kappa shape index (κ3) is 4.84. The van der Waals surface area contributed by atoms with E-state index in [1.807, 2.05) is 37.5 Å². The van der Waals surface area contributed by atoms with Crippen LogP contribution >= 0.6 is 11.6 Å². The predicted octanol–water partition coefficient (Wildman–Crippen LogP) is 4.68. The molecule has 0 atom stereocenters. The topological polar surface area (TPSA) is 66.5 Å². The Balaban J connectivity index is 1.54. The minimum absolute atomic E-state index is 0.146. The van der Waals surface area contributed by atoms with Crippen LogP contribution in [0.25, 0.3) is 11.9 Å². The fourth-order valence-corrected chi connectivity index (χ4v) is 3.01. The summed E-state index contributed by atoms with van der Waals surface area (Å²) in [5, 5.41) is 4.64. The maximum atomic E-state index is 11.9. The van der Waals surface area contributed by atoms with E-state index in [9.17, 15) is 4.79 Å². The lowest BCUT2D eigenvalue weighted by atomic mass is 10.2. The second kappa shape index (κ2) is 8.80. The van der Waals surface area contributed by atoms with Gasteiger partial charge in [-0.15, -0.1) is 0 Å². The average Bonchev–Trinajstić information content (AvgIpc) is 3.19. The molecule has 0 spiro atoms. The summed E-state index contributed by atoms with van der Waals surface area (Å²) in [7, 11) is 0. The molecule has 2 aromatic heterocycles. The van der Waals surface area contributed by atoms with Gasteiger partial charge in [-0.25, -0.2) is 4.79 Å². The molecule has 2 heterocycles. The number of carbonyl (C=O) groups excluding carboxylic acids is 1. The molecule has 0 amide bonds. The number of hydrogen-bond acceptors (Lipinski definition) is 5. The highest BCUT2D eigenvalue weighted by Gasteiger charge is 2.12. The second-order valence-corrected chi connectivity index (χ2v) is 6.70. The van der Waals surface area contributed by atoms with E-state index in [0.717, 1.165) is 22.7 Å². The fourth-order valence-electron chi connectivity index (χ4n) is 2.83. The Labute approximate surface area is 168 Å². The predicted molar refractivity (Wildman–Crippen MR) is 107 cm³/mol. The first kappa shape index (κ1) is 19.8. The van der Waals surface area contributed by atoms with Crippen LogP contribution in [0.3, 0.4) is 0 Å². The molecule has 0 saturated heterocycles. The third-order valence-corrected chi connectivity index (χ3v) is 4.34. The van der Waals surface area contributed by atoms with Crippen LogP contribution < -0.4 is 4.74 Å². The minimum atomic E-state index is -0.434. The number of halogens is 1. The second-order valence-electron chi connectivity index (χ2n) is 6.26. The van der Waals surface area contributed by atoms with Crippen molar-refractivity contribution in [3.05, 3.63) is 70.2 Å². The van der Waals surface area contributed by atoms with Gasteiger partial charge in [-0.3, -0.25) is 4.57 Å². The molecule has 7 heteroatoms. The van der Waals surface area contributed by atoms with Crippen molar-refractivity contribution in [3.63, 3.8) is 0 Å². The standard InChI is InChI=1S/C21H21ClN2O4/c1-14-11-17(16(3)24(14)20-12-15(2)28-23-20)7-8-21(25)27-10-9-26-19-6-4-5-18(22)13-19/h4-8,11-13H,9-10H2,1-3H3/b8-7+. The van der Waals surface area contributed by atoms with E-state index in [1.165, 1.54) is 6.08 Å². The average molecular weight is 401 g/mol. The van der Waals surface area contributed by atoms with Gasteiger partial charge in [-0.05, 0) is 56.7 Å². The Morgan fingerprint density at radius 2 is 2.04 bits per heavy atom. The first-order chi connectivity index (χ1) is 13.4. The number of hydrogen-bond donors (Lipinski definition) is 0. The SMILES string of the molecule is Cc1cc(-n2c(C)cc(/C=C/C(=O)OCCOc3cccc(Cl)c3)c2C)no1. The van der Waals surface area contributed by atoms with Crippen LogP contribution in [0.1, 0.15) is 22.7 Å². The van der Waals surface area contributed by atoms with Gasteiger partial charge in [-0.2, -0.15) is 0 Å². The normalized spacial score (nSPS) is 11.1. The lowest BCUT2D eigenvalue weighted by molar-refractivity contribution is -0.138. The molecule has 1 aromatic carbocycles. The van der Waals surface area contributed by atoms with Crippen LogP contribution in [-0.4, -0.2) is 28.9 Å². The molecule has 0 aliphatic heterocycles. The molecular formula is C21H21ClN2O4. The number of nitrogens with zero attached hydrogens (tertiary/aromatic N) is 2. The molecule has 0 bridgehead atoms. The maximum Gasteiger partial charge on any atom is 0.330 e. The van der Waals surface area contributed by atoms with Gasteiger partial charge < -0.3 is 14.0 Å². The van der Waals surface area contributed by atoms with Crippen molar-refractivity contribution in [1.82, 2.24) is 9.72 Å². The third-order valence-electron chi connectivity index (χ3n) is 4.11. The zero-order valence-electron chi connectivity index (χ0n) is 15.9. The van der Waals surface area contributed by atoms with Gasteiger partial charge in [0.05, 0.1) is 0 Å². The van der Waals surface area contributed by atoms with Crippen LogP contribution in [0.5, 0.6) is 5.75 Å². The molecule has 0 aliphatic rings. The number of esters is 1. The van der Waals surface area contributed by atoms with Gasteiger partial charge in [0, 0.05) is 28.6 Å². The molecule has 0 N–H and O–H groups in total. The first-order valence-corrected chi connectivity index (χ1v) is 9.17.